The minimum Gasteiger partial charge on any atom is -0.366 e. The molecule has 0 aliphatic carbocycles. The van der Waals surface area contributed by atoms with E-state index in [0.717, 1.165) is 33.4 Å². The van der Waals surface area contributed by atoms with Crippen molar-refractivity contribution in [3.63, 3.8) is 0 Å². The van der Waals surface area contributed by atoms with E-state index >= 15 is 0 Å². The van der Waals surface area contributed by atoms with Crippen LogP contribution >= 0.6 is 0 Å². The van der Waals surface area contributed by atoms with Crippen LogP contribution in [0.25, 0.3) is 27.7 Å². The Morgan fingerprint density at radius 3 is 2.76 bits per heavy atom. The van der Waals surface area contributed by atoms with Crippen molar-refractivity contribution < 1.29 is 0 Å². The first-order chi connectivity index (χ1) is 10.2. The number of fused-ring (bicyclic) bond motifs is 2. The first kappa shape index (κ1) is 11.8. The molecule has 5 nitrogen and oxygen atoms in total. The highest BCUT2D eigenvalue weighted by Crippen LogP contribution is 2.29. The molecule has 0 amide bonds. The van der Waals surface area contributed by atoms with Gasteiger partial charge in [0, 0.05) is 28.4 Å². The van der Waals surface area contributed by atoms with Crippen LogP contribution < -0.4 is 5.73 Å². The average molecular weight is 275 g/mol. The third kappa shape index (κ3) is 1.74. The van der Waals surface area contributed by atoms with E-state index in [1.54, 1.807) is 4.52 Å². The molecule has 3 aromatic heterocycles. The minimum absolute atomic E-state index is 0.284. The van der Waals surface area contributed by atoms with E-state index in [9.17, 15) is 0 Å². The lowest BCUT2D eigenvalue weighted by atomic mass is 10.0. The van der Waals surface area contributed by atoms with Crippen molar-refractivity contribution >= 4 is 22.5 Å². The van der Waals surface area contributed by atoms with Crippen LogP contribution in [0.2, 0.25) is 0 Å². The Balaban J connectivity index is 2.06. The highest BCUT2D eigenvalue weighted by atomic mass is 15.3. The maximum absolute atomic E-state index is 5.68. The van der Waals surface area contributed by atoms with Gasteiger partial charge in [-0.2, -0.15) is 4.98 Å². The normalized spacial score (nSPS) is 11.3. The molecule has 0 atom stereocenters. The second kappa shape index (κ2) is 4.28. The summed E-state index contributed by atoms with van der Waals surface area (Å²) >= 11 is 0. The molecule has 0 saturated heterocycles. The van der Waals surface area contributed by atoms with E-state index in [4.69, 9.17) is 5.73 Å². The predicted octanol–water partition coefficient (Wildman–Crippen LogP) is 2.84. The first-order valence-corrected chi connectivity index (χ1v) is 6.70. The fourth-order valence-electron chi connectivity index (χ4n) is 2.69. The monoisotopic (exact) mass is 275 g/mol. The molecule has 0 aliphatic rings. The van der Waals surface area contributed by atoms with Crippen LogP contribution in [0.15, 0.2) is 48.7 Å². The van der Waals surface area contributed by atoms with Gasteiger partial charge in [-0.15, -0.1) is 5.10 Å². The number of anilines is 1. The second-order valence-corrected chi connectivity index (χ2v) is 4.95. The topological polar surface area (TPSA) is 69.1 Å². The molecule has 21 heavy (non-hydrogen) atoms. The SMILES string of the molecule is Cc1c(-c2cccc3cccnc23)ccc2nc(N)nn12. The molecule has 4 rings (SSSR count). The van der Waals surface area contributed by atoms with Crippen molar-refractivity contribution in [2.75, 3.05) is 5.73 Å². The lowest BCUT2D eigenvalue weighted by Crippen LogP contribution is -1.98. The second-order valence-electron chi connectivity index (χ2n) is 4.95. The Morgan fingerprint density at radius 1 is 1.00 bits per heavy atom. The van der Waals surface area contributed by atoms with Gasteiger partial charge < -0.3 is 5.73 Å². The van der Waals surface area contributed by atoms with E-state index < -0.39 is 0 Å². The van der Waals surface area contributed by atoms with Crippen LogP contribution in [-0.2, 0) is 0 Å². The van der Waals surface area contributed by atoms with Crippen molar-refractivity contribution in [2.45, 2.75) is 6.92 Å². The van der Waals surface area contributed by atoms with E-state index in [1.807, 2.05) is 37.4 Å². The van der Waals surface area contributed by atoms with Crippen LogP contribution in [0, 0.1) is 6.92 Å². The molecule has 1 aromatic carbocycles. The molecule has 0 radical (unpaired) electrons. The third-order valence-electron chi connectivity index (χ3n) is 3.68. The summed E-state index contributed by atoms with van der Waals surface area (Å²) in [6.07, 6.45) is 1.81. The van der Waals surface area contributed by atoms with Gasteiger partial charge in [0.15, 0.2) is 5.65 Å². The Morgan fingerprint density at radius 2 is 1.86 bits per heavy atom. The van der Waals surface area contributed by atoms with Crippen LogP contribution in [0.3, 0.4) is 0 Å². The van der Waals surface area contributed by atoms with Crippen molar-refractivity contribution in [2.24, 2.45) is 0 Å². The molecule has 2 N–H and O–H groups in total. The van der Waals surface area contributed by atoms with Gasteiger partial charge in [0.1, 0.15) is 0 Å². The van der Waals surface area contributed by atoms with Crippen molar-refractivity contribution in [1.82, 2.24) is 19.6 Å². The summed E-state index contributed by atoms with van der Waals surface area (Å²) in [5.41, 5.74) is 10.6. The van der Waals surface area contributed by atoms with Gasteiger partial charge in [0.2, 0.25) is 5.95 Å². The van der Waals surface area contributed by atoms with E-state index in [0.29, 0.717) is 0 Å². The standard InChI is InChI=1S/C16H13N5/c1-10-12(7-8-14-19-16(17)20-21(10)14)13-6-2-4-11-5-3-9-18-15(11)13/h2-9H,1H3,(H2,17,20). The number of nitrogens with zero attached hydrogens (tertiary/aromatic N) is 4. The largest absolute Gasteiger partial charge is 0.366 e. The minimum atomic E-state index is 0.284. The molecule has 5 heteroatoms. The van der Waals surface area contributed by atoms with Gasteiger partial charge in [-0.1, -0.05) is 24.3 Å². The highest BCUT2D eigenvalue weighted by molar-refractivity contribution is 5.94. The number of hydrogen-bond donors (Lipinski definition) is 1. The first-order valence-electron chi connectivity index (χ1n) is 6.70. The summed E-state index contributed by atoms with van der Waals surface area (Å²) in [4.78, 5) is 8.70. The Bertz CT molecular complexity index is 966. The van der Waals surface area contributed by atoms with Gasteiger partial charge in [-0.25, -0.2) is 4.52 Å². The molecule has 0 fully saturated rings. The van der Waals surface area contributed by atoms with Gasteiger partial charge in [0.25, 0.3) is 0 Å². The Hall–Kier alpha value is -2.95. The zero-order chi connectivity index (χ0) is 14.4. The number of nitrogens with two attached hydrogens (primary N) is 1. The molecular weight excluding hydrogens is 262 g/mol. The zero-order valence-electron chi connectivity index (χ0n) is 11.5. The lowest BCUT2D eigenvalue weighted by molar-refractivity contribution is 0.923. The summed E-state index contributed by atoms with van der Waals surface area (Å²) < 4.78 is 1.77. The fourth-order valence-corrected chi connectivity index (χ4v) is 2.69. The number of aromatic nitrogens is 4. The molecule has 102 valence electrons. The van der Waals surface area contributed by atoms with E-state index in [-0.39, 0.29) is 5.95 Å². The highest BCUT2D eigenvalue weighted by Gasteiger charge is 2.11. The average Bonchev–Trinajstić information content (AvgIpc) is 2.89. The molecular formula is C16H13N5. The molecule has 0 bridgehead atoms. The van der Waals surface area contributed by atoms with Crippen molar-refractivity contribution in [3.05, 3.63) is 54.4 Å². The summed E-state index contributed by atoms with van der Waals surface area (Å²) in [6.45, 7) is 2.01. The number of pyridine rings is 2. The maximum atomic E-state index is 5.68. The number of para-hydroxylation sites is 1. The van der Waals surface area contributed by atoms with E-state index in [1.165, 1.54) is 0 Å². The van der Waals surface area contributed by atoms with Crippen LogP contribution in [0.4, 0.5) is 5.95 Å². The van der Waals surface area contributed by atoms with Crippen LogP contribution in [0.5, 0.6) is 0 Å². The number of benzene rings is 1. The van der Waals surface area contributed by atoms with Crippen molar-refractivity contribution in [3.8, 4) is 11.1 Å². The van der Waals surface area contributed by atoms with Gasteiger partial charge in [0.05, 0.1) is 5.52 Å². The van der Waals surface area contributed by atoms with E-state index in [2.05, 4.69) is 33.3 Å². The summed E-state index contributed by atoms with van der Waals surface area (Å²) in [7, 11) is 0. The van der Waals surface area contributed by atoms with Gasteiger partial charge >= 0.3 is 0 Å². The number of aryl methyl sites for hydroxylation is 1. The molecule has 0 unspecified atom stereocenters. The number of hydrogen-bond acceptors (Lipinski definition) is 4. The Kier molecular flexibility index (Phi) is 2.41. The lowest BCUT2D eigenvalue weighted by Gasteiger charge is -2.09. The predicted molar refractivity (Wildman–Crippen MR) is 82.9 cm³/mol. The third-order valence-corrected chi connectivity index (χ3v) is 3.68. The smallest absolute Gasteiger partial charge is 0.240 e. The summed E-state index contributed by atoms with van der Waals surface area (Å²) in [5, 5.41) is 5.36. The quantitative estimate of drug-likeness (QED) is 0.580. The summed E-state index contributed by atoms with van der Waals surface area (Å²) in [6, 6.07) is 14.2. The number of rotatable bonds is 1. The maximum Gasteiger partial charge on any atom is 0.240 e. The Labute approximate surface area is 121 Å². The molecule has 0 saturated carbocycles. The van der Waals surface area contributed by atoms with Gasteiger partial charge in [-0.05, 0) is 25.1 Å². The molecule has 0 spiro atoms. The van der Waals surface area contributed by atoms with Crippen molar-refractivity contribution in [1.29, 1.82) is 0 Å². The van der Waals surface area contributed by atoms with Crippen LogP contribution in [-0.4, -0.2) is 19.6 Å². The molecule has 4 aromatic rings. The molecule has 0 aliphatic heterocycles. The zero-order valence-corrected chi connectivity index (χ0v) is 11.5. The van der Waals surface area contributed by atoms with Crippen LogP contribution in [0.1, 0.15) is 5.69 Å². The fraction of sp³-hybridized carbons (Fsp3) is 0.0625. The summed E-state index contributed by atoms with van der Waals surface area (Å²) in [5.74, 6) is 0.284. The number of nitrogen functional groups attached to an aromatic ring is 1. The van der Waals surface area contributed by atoms with Gasteiger partial charge in [-0.3, -0.25) is 4.98 Å². The molecule has 3 heterocycles.